The second kappa shape index (κ2) is 9.54. The highest BCUT2D eigenvalue weighted by Crippen LogP contribution is 2.34. The first kappa shape index (κ1) is 22.7. The zero-order valence-electron chi connectivity index (χ0n) is 18.4. The number of nitrogens with one attached hydrogen (secondary N) is 4. The maximum absolute atomic E-state index is 12.5. The molecule has 0 saturated carbocycles. The standard InChI is InChI=1S/C24H25ClN4O4/c1-13(2)12-33-24(32)27-8-7-26-22(30)14-3-6-19-15(9-14)10-20(29-19)16-4-5-18(25)17-11-28-23(31)21(16)17/h3-6,9-10,13,29H,7-8,11-12H2,1-2H3,(H,26,30)(H,27,32)(H,28,31). The zero-order chi connectivity index (χ0) is 23.5. The molecule has 2 heterocycles. The van der Waals surface area contributed by atoms with E-state index in [9.17, 15) is 14.4 Å². The Morgan fingerprint density at radius 1 is 1.12 bits per heavy atom. The van der Waals surface area contributed by atoms with Crippen LogP contribution in [0.15, 0.2) is 36.4 Å². The molecule has 4 rings (SSSR count). The summed E-state index contributed by atoms with van der Waals surface area (Å²) in [6.45, 7) is 5.21. The number of aromatic amines is 1. The quantitative estimate of drug-likeness (QED) is 0.394. The van der Waals surface area contributed by atoms with Crippen molar-refractivity contribution in [1.82, 2.24) is 20.9 Å². The second-order valence-electron chi connectivity index (χ2n) is 8.29. The number of ether oxygens (including phenoxy) is 1. The van der Waals surface area contributed by atoms with Crippen LogP contribution in [0, 0.1) is 5.92 Å². The minimum atomic E-state index is -0.499. The van der Waals surface area contributed by atoms with Crippen molar-refractivity contribution in [3.05, 3.63) is 58.1 Å². The first-order valence-electron chi connectivity index (χ1n) is 10.7. The van der Waals surface area contributed by atoms with Crippen LogP contribution >= 0.6 is 11.6 Å². The Balaban J connectivity index is 1.43. The van der Waals surface area contributed by atoms with E-state index in [0.717, 1.165) is 27.7 Å². The summed E-state index contributed by atoms with van der Waals surface area (Å²) in [5, 5.41) is 9.60. The van der Waals surface area contributed by atoms with Gasteiger partial charge in [-0.1, -0.05) is 31.5 Å². The molecule has 0 bridgehead atoms. The fourth-order valence-corrected chi connectivity index (χ4v) is 3.92. The highest BCUT2D eigenvalue weighted by molar-refractivity contribution is 6.32. The SMILES string of the molecule is CC(C)COC(=O)NCCNC(=O)c1ccc2[nH]c(-c3ccc(Cl)c4c3C(=O)NC4)cc2c1. The maximum atomic E-state index is 12.5. The number of carbonyl (C=O) groups is 3. The third kappa shape index (κ3) is 4.96. The van der Waals surface area contributed by atoms with Crippen LogP contribution in [0.3, 0.4) is 0 Å². The van der Waals surface area contributed by atoms with E-state index in [1.807, 2.05) is 32.0 Å². The van der Waals surface area contributed by atoms with E-state index in [1.54, 1.807) is 18.2 Å². The highest BCUT2D eigenvalue weighted by Gasteiger charge is 2.26. The van der Waals surface area contributed by atoms with E-state index < -0.39 is 6.09 Å². The molecule has 1 aliphatic heterocycles. The molecule has 0 aliphatic carbocycles. The van der Waals surface area contributed by atoms with Gasteiger partial charge in [-0.25, -0.2) is 4.79 Å². The van der Waals surface area contributed by atoms with Crippen molar-refractivity contribution in [3.63, 3.8) is 0 Å². The van der Waals surface area contributed by atoms with Crippen molar-refractivity contribution in [3.8, 4) is 11.3 Å². The maximum Gasteiger partial charge on any atom is 0.407 e. The predicted octanol–water partition coefficient (Wildman–Crippen LogP) is 3.84. The minimum Gasteiger partial charge on any atom is -0.449 e. The molecule has 0 saturated heterocycles. The van der Waals surface area contributed by atoms with Gasteiger partial charge in [0.2, 0.25) is 0 Å². The van der Waals surface area contributed by atoms with Crippen molar-refractivity contribution in [1.29, 1.82) is 0 Å². The van der Waals surface area contributed by atoms with E-state index in [-0.39, 0.29) is 30.8 Å². The molecule has 0 radical (unpaired) electrons. The number of hydrogen-bond donors (Lipinski definition) is 4. The lowest BCUT2D eigenvalue weighted by atomic mass is 10.0. The molecule has 0 atom stereocenters. The number of amides is 3. The molecule has 3 amide bonds. The smallest absolute Gasteiger partial charge is 0.407 e. The second-order valence-corrected chi connectivity index (χ2v) is 8.70. The van der Waals surface area contributed by atoms with Crippen LogP contribution < -0.4 is 16.0 Å². The van der Waals surface area contributed by atoms with Gasteiger partial charge >= 0.3 is 6.09 Å². The van der Waals surface area contributed by atoms with Crippen molar-refractivity contribution >= 4 is 40.4 Å². The number of fused-ring (bicyclic) bond motifs is 2. The minimum absolute atomic E-state index is 0.150. The van der Waals surface area contributed by atoms with Crippen LogP contribution in [0.5, 0.6) is 0 Å². The summed E-state index contributed by atoms with van der Waals surface area (Å²) in [5.74, 6) is -0.135. The fraction of sp³-hybridized carbons (Fsp3) is 0.292. The van der Waals surface area contributed by atoms with Gasteiger partial charge in [0.25, 0.3) is 11.8 Å². The Morgan fingerprint density at radius 3 is 2.70 bits per heavy atom. The number of hydrogen-bond acceptors (Lipinski definition) is 4. The van der Waals surface area contributed by atoms with Gasteiger partial charge in [0.1, 0.15) is 0 Å². The molecule has 4 N–H and O–H groups in total. The Bertz CT molecular complexity index is 1230. The number of rotatable bonds is 7. The first-order valence-corrected chi connectivity index (χ1v) is 11.1. The van der Waals surface area contributed by atoms with Gasteiger partial charge in [-0.2, -0.15) is 0 Å². The molecule has 2 aromatic carbocycles. The lowest BCUT2D eigenvalue weighted by molar-refractivity contribution is 0.0948. The van der Waals surface area contributed by atoms with Gasteiger partial charge in [-0.3, -0.25) is 9.59 Å². The molecular weight excluding hydrogens is 444 g/mol. The van der Waals surface area contributed by atoms with Gasteiger partial charge in [0.05, 0.1) is 12.2 Å². The van der Waals surface area contributed by atoms with Crippen LogP contribution in [0.1, 0.15) is 40.1 Å². The molecule has 172 valence electrons. The largest absolute Gasteiger partial charge is 0.449 e. The number of aromatic nitrogens is 1. The van der Waals surface area contributed by atoms with Crippen LogP contribution in [-0.4, -0.2) is 42.6 Å². The number of benzene rings is 2. The Morgan fingerprint density at radius 2 is 1.91 bits per heavy atom. The Hall–Kier alpha value is -3.52. The molecule has 9 heteroatoms. The molecule has 0 spiro atoms. The van der Waals surface area contributed by atoms with Crippen molar-refractivity contribution < 1.29 is 19.1 Å². The van der Waals surface area contributed by atoms with Crippen molar-refractivity contribution in [2.24, 2.45) is 5.92 Å². The van der Waals surface area contributed by atoms with Crippen molar-refractivity contribution in [2.75, 3.05) is 19.7 Å². The van der Waals surface area contributed by atoms with Gasteiger partial charge in [-0.05, 0) is 36.2 Å². The third-order valence-corrected chi connectivity index (χ3v) is 5.66. The Kier molecular flexibility index (Phi) is 6.55. The third-order valence-electron chi connectivity index (χ3n) is 5.31. The number of alkyl carbamates (subject to hydrolysis) is 1. The van der Waals surface area contributed by atoms with Gasteiger partial charge in [0.15, 0.2) is 0 Å². The van der Waals surface area contributed by atoms with Crippen LogP contribution in [0.4, 0.5) is 4.79 Å². The summed E-state index contributed by atoms with van der Waals surface area (Å²) in [6.07, 6.45) is -0.499. The summed E-state index contributed by atoms with van der Waals surface area (Å²) in [7, 11) is 0. The van der Waals surface area contributed by atoms with E-state index >= 15 is 0 Å². The van der Waals surface area contributed by atoms with Gasteiger partial charge < -0.3 is 25.7 Å². The van der Waals surface area contributed by atoms with Gasteiger partial charge in [0, 0.05) is 57.9 Å². The summed E-state index contributed by atoms with van der Waals surface area (Å²) < 4.78 is 5.02. The molecule has 0 fully saturated rings. The number of H-pyrrole nitrogens is 1. The number of carbonyl (C=O) groups excluding carboxylic acids is 3. The Labute approximate surface area is 196 Å². The van der Waals surface area contributed by atoms with Crippen LogP contribution in [0.25, 0.3) is 22.2 Å². The van der Waals surface area contributed by atoms with Crippen LogP contribution in [-0.2, 0) is 11.3 Å². The molecule has 1 aromatic heterocycles. The predicted molar refractivity (Wildman–Crippen MR) is 126 cm³/mol. The molecule has 1 aliphatic rings. The molecule has 3 aromatic rings. The monoisotopic (exact) mass is 468 g/mol. The molecule has 33 heavy (non-hydrogen) atoms. The summed E-state index contributed by atoms with van der Waals surface area (Å²) in [6, 6.07) is 10.8. The average molecular weight is 469 g/mol. The topological polar surface area (TPSA) is 112 Å². The van der Waals surface area contributed by atoms with E-state index in [1.165, 1.54) is 0 Å². The van der Waals surface area contributed by atoms with Crippen LogP contribution in [0.2, 0.25) is 5.02 Å². The summed E-state index contributed by atoms with van der Waals surface area (Å²) in [5.41, 5.74) is 4.25. The summed E-state index contributed by atoms with van der Waals surface area (Å²) >= 11 is 6.25. The molecular formula is C24H25ClN4O4. The van der Waals surface area contributed by atoms with Gasteiger partial charge in [-0.15, -0.1) is 0 Å². The van der Waals surface area contributed by atoms with Crippen molar-refractivity contribution in [2.45, 2.75) is 20.4 Å². The first-order chi connectivity index (χ1) is 15.8. The van der Waals surface area contributed by atoms with E-state index in [0.29, 0.717) is 29.3 Å². The normalized spacial score (nSPS) is 12.5. The zero-order valence-corrected chi connectivity index (χ0v) is 19.1. The average Bonchev–Trinajstić information content (AvgIpc) is 3.39. The molecule has 0 unspecified atom stereocenters. The summed E-state index contributed by atoms with van der Waals surface area (Å²) in [4.78, 5) is 39.7. The lowest BCUT2D eigenvalue weighted by Crippen LogP contribution is -2.35. The van der Waals surface area contributed by atoms with E-state index in [2.05, 4.69) is 20.9 Å². The fourth-order valence-electron chi connectivity index (χ4n) is 3.69. The highest BCUT2D eigenvalue weighted by atomic mass is 35.5. The molecule has 8 nitrogen and oxygen atoms in total. The number of halogens is 1. The lowest BCUT2D eigenvalue weighted by Gasteiger charge is -2.09. The van der Waals surface area contributed by atoms with E-state index in [4.69, 9.17) is 16.3 Å².